The number of hydrogen-bond acceptors (Lipinski definition) is 10. The monoisotopic (exact) mass is 568 g/mol. The van der Waals surface area contributed by atoms with E-state index in [1.54, 1.807) is 0 Å². The Bertz CT molecular complexity index is 1300. The second-order valence-corrected chi connectivity index (χ2v) is 9.59. The predicted octanol–water partition coefficient (Wildman–Crippen LogP) is 3.65. The van der Waals surface area contributed by atoms with E-state index in [1.807, 2.05) is 0 Å². The molecule has 20 heteroatoms. The maximum Gasteiger partial charge on any atom is 0.416 e. The molecule has 0 saturated heterocycles. The minimum absolute atomic E-state index is 0.0685. The van der Waals surface area contributed by atoms with Crippen LogP contribution in [0.5, 0.6) is 0 Å². The smallest absolute Gasteiger partial charge is 0.264 e. The zero-order valence-corrected chi connectivity index (χ0v) is 18.6. The first-order valence-electron chi connectivity index (χ1n) is 8.77. The van der Waals surface area contributed by atoms with Crippen LogP contribution in [0.1, 0.15) is 11.1 Å². The van der Waals surface area contributed by atoms with Gasteiger partial charge in [0.2, 0.25) is 0 Å². The topological polar surface area (TPSA) is 173 Å². The first-order valence-corrected chi connectivity index (χ1v) is 11.6. The quantitative estimate of drug-likeness (QED) is 0.143. The Kier molecular flexibility index (Phi) is 7.98. The lowest BCUT2D eigenvalue weighted by molar-refractivity contribution is -0.388. The van der Waals surface area contributed by atoms with Gasteiger partial charge in [-0.15, -0.1) is 0 Å². The predicted molar refractivity (Wildman–Crippen MR) is 102 cm³/mol. The molecule has 0 bridgehead atoms. The SMILES string of the molecule is O=[N+]([O-])c1cc(C(F)(F)F)ccc1S(=O)(=O)OCCOS(=O)(=O)c1ccc(C(F)(F)F)cc1[N+](=O)[O-]. The molecule has 36 heavy (non-hydrogen) atoms. The van der Waals surface area contributed by atoms with Crippen LogP contribution in [0.4, 0.5) is 37.7 Å². The Balaban J connectivity index is 2.22. The summed E-state index contributed by atoms with van der Waals surface area (Å²) in [4.78, 5) is 16.6. The molecule has 0 N–H and O–H groups in total. The molecule has 12 nitrogen and oxygen atoms in total. The molecule has 2 aromatic rings. The van der Waals surface area contributed by atoms with Crippen molar-refractivity contribution in [3.63, 3.8) is 0 Å². The Hall–Kier alpha value is -3.36. The Morgan fingerprint density at radius 3 is 1.22 bits per heavy atom. The van der Waals surface area contributed by atoms with Crippen LogP contribution in [-0.2, 0) is 41.0 Å². The number of halogens is 6. The van der Waals surface area contributed by atoms with E-state index in [4.69, 9.17) is 0 Å². The highest BCUT2D eigenvalue weighted by molar-refractivity contribution is 7.87. The zero-order valence-electron chi connectivity index (χ0n) is 16.9. The zero-order chi connectivity index (χ0) is 27.7. The van der Waals surface area contributed by atoms with E-state index in [2.05, 4.69) is 8.37 Å². The average Bonchev–Trinajstić information content (AvgIpc) is 2.74. The summed E-state index contributed by atoms with van der Waals surface area (Å²) in [5, 5.41) is 22.1. The minimum Gasteiger partial charge on any atom is -0.264 e. The Morgan fingerprint density at radius 2 is 0.972 bits per heavy atom. The lowest BCUT2D eigenvalue weighted by atomic mass is 10.2. The largest absolute Gasteiger partial charge is 0.416 e. The van der Waals surface area contributed by atoms with Gasteiger partial charge in [0.05, 0.1) is 34.2 Å². The summed E-state index contributed by atoms with van der Waals surface area (Å²) in [5.41, 5.74) is -6.08. The van der Waals surface area contributed by atoms with Gasteiger partial charge in [-0.2, -0.15) is 43.2 Å². The number of nitro groups is 2. The summed E-state index contributed by atoms with van der Waals surface area (Å²) in [6.45, 7) is -2.43. The van der Waals surface area contributed by atoms with Gasteiger partial charge in [0.1, 0.15) is 0 Å². The molecular weight excluding hydrogens is 558 g/mol. The van der Waals surface area contributed by atoms with Gasteiger partial charge in [0, 0.05) is 12.1 Å². The highest BCUT2D eigenvalue weighted by Gasteiger charge is 2.37. The third kappa shape index (κ3) is 6.65. The summed E-state index contributed by atoms with van der Waals surface area (Å²) in [6, 6.07) is 0.767. The fourth-order valence-electron chi connectivity index (χ4n) is 2.51. The molecule has 0 aliphatic heterocycles. The normalized spacial score (nSPS) is 12.9. The van der Waals surface area contributed by atoms with Crippen molar-refractivity contribution in [1.29, 1.82) is 0 Å². The molecule has 2 aromatic carbocycles. The van der Waals surface area contributed by atoms with Crippen LogP contribution in [0.2, 0.25) is 0 Å². The van der Waals surface area contributed by atoms with E-state index in [0.717, 1.165) is 0 Å². The van der Waals surface area contributed by atoms with Gasteiger partial charge >= 0.3 is 32.6 Å². The highest BCUT2D eigenvalue weighted by atomic mass is 32.2. The second kappa shape index (κ2) is 9.95. The molecule has 0 heterocycles. The standard InChI is InChI=1S/C16H10F6N2O10S2/c17-15(18,19)9-1-3-13(11(7-9)23(25)26)35(29,30)33-5-6-34-36(31,32)14-4-2-10(16(20,21)22)8-12(14)24(27)28/h1-4,7-8H,5-6H2. The molecule has 198 valence electrons. The van der Waals surface area contributed by atoms with Crippen molar-refractivity contribution in [3.05, 3.63) is 67.8 Å². The molecule has 0 spiro atoms. The van der Waals surface area contributed by atoms with Gasteiger partial charge < -0.3 is 0 Å². The molecule has 0 atom stereocenters. The van der Waals surface area contributed by atoms with Crippen LogP contribution >= 0.6 is 0 Å². The lowest BCUT2D eigenvalue weighted by Crippen LogP contribution is -2.17. The van der Waals surface area contributed by atoms with Gasteiger partial charge in [-0.3, -0.25) is 28.6 Å². The van der Waals surface area contributed by atoms with E-state index in [9.17, 15) is 63.4 Å². The summed E-state index contributed by atoms with van der Waals surface area (Å²) < 4.78 is 134. The van der Waals surface area contributed by atoms with Crippen LogP contribution in [0.25, 0.3) is 0 Å². The number of hydrogen-bond donors (Lipinski definition) is 0. The maximum atomic E-state index is 12.7. The molecule has 0 unspecified atom stereocenters. The van der Waals surface area contributed by atoms with Gasteiger partial charge in [0.25, 0.3) is 11.4 Å². The van der Waals surface area contributed by atoms with Crippen molar-refractivity contribution in [2.45, 2.75) is 22.1 Å². The van der Waals surface area contributed by atoms with Gasteiger partial charge in [-0.1, -0.05) is 0 Å². The van der Waals surface area contributed by atoms with Crippen LogP contribution in [0.3, 0.4) is 0 Å². The molecule has 0 amide bonds. The summed E-state index contributed by atoms with van der Waals surface area (Å²) in [7, 11) is -10.3. The van der Waals surface area contributed by atoms with Crippen molar-refractivity contribution < 1.29 is 61.4 Å². The van der Waals surface area contributed by atoms with E-state index in [1.165, 1.54) is 0 Å². The molecule has 0 saturated carbocycles. The van der Waals surface area contributed by atoms with Gasteiger partial charge in [-0.25, -0.2) is 0 Å². The molecule has 0 aromatic heterocycles. The van der Waals surface area contributed by atoms with Crippen molar-refractivity contribution in [3.8, 4) is 0 Å². The van der Waals surface area contributed by atoms with Gasteiger partial charge in [0.15, 0.2) is 9.79 Å². The third-order valence-electron chi connectivity index (χ3n) is 4.06. The molecule has 0 radical (unpaired) electrons. The number of alkyl halides is 6. The number of nitrogens with zero attached hydrogens (tertiary/aromatic N) is 2. The van der Waals surface area contributed by atoms with Crippen LogP contribution in [-0.4, -0.2) is 39.9 Å². The highest BCUT2D eigenvalue weighted by Crippen LogP contribution is 2.36. The van der Waals surface area contributed by atoms with Crippen molar-refractivity contribution in [2.75, 3.05) is 13.2 Å². The summed E-state index contributed by atoms with van der Waals surface area (Å²) >= 11 is 0. The maximum absolute atomic E-state index is 12.7. The first-order chi connectivity index (χ1) is 16.3. The van der Waals surface area contributed by atoms with Crippen LogP contribution in [0.15, 0.2) is 46.2 Å². The van der Waals surface area contributed by atoms with E-state index >= 15 is 0 Å². The molecular formula is C16H10F6N2O10S2. The van der Waals surface area contributed by atoms with Gasteiger partial charge in [-0.05, 0) is 24.3 Å². The second-order valence-electron chi connectivity index (χ2n) is 6.43. The van der Waals surface area contributed by atoms with Crippen LogP contribution in [0, 0.1) is 20.2 Å². The lowest BCUT2D eigenvalue weighted by Gasteiger charge is -2.11. The fraction of sp³-hybridized carbons (Fsp3) is 0.250. The van der Waals surface area contributed by atoms with Crippen LogP contribution < -0.4 is 0 Å². The fourth-order valence-corrected chi connectivity index (χ4v) is 4.59. The molecule has 0 fully saturated rings. The number of benzene rings is 2. The summed E-state index contributed by atoms with van der Waals surface area (Å²) in [5.74, 6) is 0. The van der Waals surface area contributed by atoms with Crippen molar-refractivity contribution in [1.82, 2.24) is 0 Å². The molecule has 0 aliphatic carbocycles. The number of nitro benzene ring substituents is 2. The van der Waals surface area contributed by atoms with Crippen molar-refractivity contribution in [2.24, 2.45) is 0 Å². The van der Waals surface area contributed by atoms with E-state index < -0.39 is 87.9 Å². The third-order valence-corrected chi connectivity index (χ3v) is 6.79. The Labute approximate surface area is 196 Å². The van der Waals surface area contributed by atoms with E-state index in [0.29, 0.717) is 0 Å². The Morgan fingerprint density at radius 1 is 0.667 bits per heavy atom. The minimum atomic E-state index is -5.14. The van der Waals surface area contributed by atoms with Crippen molar-refractivity contribution >= 4 is 31.6 Å². The van der Waals surface area contributed by atoms with E-state index in [-0.39, 0.29) is 36.4 Å². The number of rotatable bonds is 9. The average molecular weight is 568 g/mol. The molecule has 0 aliphatic rings. The first kappa shape index (κ1) is 28.9. The molecule has 2 rings (SSSR count). The summed E-state index contributed by atoms with van der Waals surface area (Å²) in [6.07, 6.45) is -10.1.